The van der Waals surface area contributed by atoms with Crippen LogP contribution in [0, 0.1) is 6.92 Å². The predicted octanol–water partition coefficient (Wildman–Crippen LogP) is 2.66. The van der Waals surface area contributed by atoms with E-state index in [1.54, 1.807) is 0 Å². The summed E-state index contributed by atoms with van der Waals surface area (Å²) in [6.07, 6.45) is 0.932. The van der Waals surface area contributed by atoms with E-state index < -0.39 is 0 Å². The molecule has 0 aliphatic rings. The molecule has 2 rings (SSSR count). The average molecular weight is 258 g/mol. The lowest BCUT2D eigenvalue weighted by molar-refractivity contribution is 0.307. The summed E-state index contributed by atoms with van der Waals surface area (Å²) in [5.41, 5.74) is 4.42. The molecule has 4 heteroatoms. The van der Waals surface area contributed by atoms with Crippen molar-refractivity contribution in [1.29, 1.82) is 0 Å². The normalized spacial score (nSPS) is 11.2. The second-order valence-electron chi connectivity index (χ2n) is 4.76. The lowest BCUT2D eigenvalue weighted by atomic mass is 10.1. The molecular weight excluding hydrogens is 236 g/mol. The molecule has 0 unspecified atom stereocenters. The Kier molecular flexibility index (Phi) is 4.68. The first-order valence-corrected chi connectivity index (χ1v) is 6.93. The number of rotatable bonds is 6. The summed E-state index contributed by atoms with van der Waals surface area (Å²) in [6, 6.07) is 8.43. The summed E-state index contributed by atoms with van der Waals surface area (Å²) in [5.74, 6) is 0. The number of benzene rings is 1. The number of nitrogens with one attached hydrogen (secondary N) is 1. The molecule has 0 atom stereocenters. The maximum Gasteiger partial charge on any atom is 0.116 e. The molecule has 102 valence electrons. The van der Waals surface area contributed by atoms with Gasteiger partial charge in [0, 0.05) is 18.5 Å². The number of nitrogens with zero attached hydrogens (tertiary/aromatic N) is 3. The van der Waals surface area contributed by atoms with Crippen LogP contribution >= 0.6 is 0 Å². The van der Waals surface area contributed by atoms with Gasteiger partial charge in [-0.1, -0.05) is 43.7 Å². The Balaban J connectivity index is 2.11. The molecule has 0 fully saturated rings. The van der Waals surface area contributed by atoms with Crippen molar-refractivity contribution in [3.8, 4) is 11.3 Å². The monoisotopic (exact) mass is 258 g/mol. The second kappa shape index (κ2) is 6.48. The van der Waals surface area contributed by atoms with Crippen molar-refractivity contribution in [2.45, 2.75) is 27.2 Å². The minimum Gasteiger partial charge on any atom is -0.303 e. The number of aromatic amines is 1. The molecule has 4 nitrogen and oxygen atoms in total. The molecule has 1 N–H and O–H groups in total. The highest BCUT2D eigenvalue weighted by Gasteiger charge is 2.11. The summed E-state index contributed by atoms with van der Waals surface area (Å²) >= 11 is 0. The van der Waals surface area contributed by atoms with Gasteiger partial charge in [-0.2, -0.15) is 15.4 Å². The van der Waals surface area contributed by atoms with Crippen molar-refractivity contribution in [1.82, 2.24) is 20.3 Å². The fraction of sp³-hybridized carbons (Fsp3) is 0.467. The van der Waals surface area contributed by atoms with Crippen molar-refractivity contribution in [3.05, 3.63) is 35.5 Å². The van der Waals surface area contributed by atoms with Crippen LogP contribution in [0.5, 0.6) is 0 Å². The lowest BCUT2D eigenvalue weighted by Gasteiger charge is -2.17. The van der Waals surface area contributed by atoms with Crippen molar-refractivity contribution < 1.29 is 0 Å². The molecule has 0 aliphatic heterocycles. The van der Waals surface area contributed by atoms with E-state index in [4.69, 9.17) is 0 Å². The highest BCUT2D eigenvalue weighted by atomic mass is 15.3. The fourth-order valence-corrected chi connectivity index (χ4v) is 2.17. The van der Waals surface area contributed by atoms with E-state index in [1.807, 2.05) is 0 Å². The number of aryl methyl sites for hydroxylation is 1. The predicted molar refractivity (Wildman–Crippen MR) is 78.0 cm³/mol. The SMILES string of the molecule is CCN(CC)CCc1n[nH]nc1-c1ccc(C)cc1. The fourth-order valence-electron chi connectivity index (χ4n) is 2.17. The highest BCUT2D eigenvalue weighted by molar-refractivity contribution is 5.61. The minimum atomic E-state index is 0.932. The molecule has 0 spiro atoms. The Morgan fingerprint density at radius 2 is 1.74 bits per heavy atom. The zero-order valence-electron chi connectivity index (χ0n) is 12.0. The smallest absolute Gasteiger partial charge is 0.116 e. The summed E-state index contributed by atoms with van der Waals surface area (Å²) in [4.78, 5) is 2.40. The van der Waals surface area contributed by atoms with Crippen LogP contribution in [0.1, 0.15) is 25.1 Å². The topological polar surface area (TPSA) is 44.8 Å². The van der Waals surface area contributed by atoms with Crippen molar-refractivity contribution in [3.63, 3.8) is 0 Å². The molecule has 19 heavy (non-hydrogen) atoms. The van der Waals surface area contributed by atoms with Crippen LogP contribution in [0.3, 0.4) is 0 Å². The van der Waals surface area contributed by atoms with Gasteiger partial charge in [-0.05, 0) is 20.0 Å². The van der Waals surface area contributed by atoms with Crippen LogP contribution in [-0.2, 0) is 6.42 Å². The Labute approximate surface area is 114 Å². The third-order valence-corrected chi connectivity index (χ3v) is 3.50. The Hall–Kier alpha value is -1.68. The van der Waals surface area contributed by atoms with Crippen LogP contribution in [-0.4, -0.2) is 39.9 Å². The highest BCUT2D eigenvalue weighted by Crippen LogP contribution is 2.20. The first-order chi connectivity index (χ1) is 9.24. The van der Waals surface area contributed by atoms with Gasteiger partial charge in [0.15, 0.2) is 0 Å². The number of H-pyrrole nitrogens is 1. The van der Waals surface area contributed by atoms with E-state index >= 15 is 0 Å². The van der Waals surface area contributed by atoms with Crippen LogP contribution in [0.25, 0.3) is 11.3 Å². The summed E-state index contributed by atoms with van der Waals surface area (Å²) in [7, 11) is 0. The number of hydrogen-bond acceptors (Lipinski definition) is 3. The molecule has 2 aromatic rings. The Morgan fingerprint density at radius 1 is 1.05 bits per heavy atom. The molecule has 0 saturated heterocycles. The molecule has 1 heterocycles. The number of likely N-dealkylation sites (N-methyl/N-ethyl adjacent to an activating group) is 1. The van der Waals surface area contributed by atoms with E-state index in [1.165, 1.54) is 5.56 Å². The van der Waals surface area contributed by atoms with Crippen LogP contribution in [0.2, 0.25) is 0 Å². The van der Waals surface area contributed by atoms with Gasteiger partial charge in [0.05, 0.1) is 5.69 Å². The van der Waals surface area contributed by atoms with Crippen LogP contribution in [0.4, 0.5) is 0 Å². The first-order valence-electron chi connectivity index (χ1n) is 6.93. The van der Waals surface area contributed by atoms with E-state index in [9.17, 15) is 0 Å². The summed E-state index contributed by atoms with van der Waals surface area (Å²) in [5, 5.41) is 11.3. The van der Waals surface area contributed by atoms with Gasteiger partial charge >= 0.3 is 0 Å². The van der Waals surface area contributed by atoms with Gasteiger partial charge < -0.3 is 4.90 Å². The minimum absolute atomic E-state index is 0.932. The quantitative estimate of drug-likeness (QED) is 0.866. The molecule has 0 amide bonds. The van der Waals surface area contributed by atoms with Crippen molar-refractivity contribution in [2.24, 2.45) is 0 Å². The summed E-state index contributed by atoms with van der Waals surface area (Å²) < 4.78 is 0. The molecule has 1 aromatic heterocycles. The largest absolute Gasteiger partial charge is 0.303 e. The summed E-state index contributed by atoms with van der Waals surface area (Å²) in [6.45, 7) is 9.65. The molecule has 1 aromatic carbocycles. The molecule has 0 bridgehead atoms. The zero-order chi connectivity index (χ0) is 13.7. The van der Waals surface area contributed by atoms with Crippen LogP contribution in [0.15, 0.2) is 24.3 Å². The van der Waals surface area contributed by atoms with E-state index in [-0.39, 0.29) is 0 Å². The van der Waals surface area contributed by atoms with Gasteiger partial charge in [-0.25, -0.2) is 0 Å². The van der Waals surface area contributed by atoms with Crippen molar-refractivity contribution in [2.75, 3.05) is 19.6 Å². The zero-order valence-corrected chi connectivity index (χ0v) is 12.0. The Morgan fingerprint density at radius 3 is 2.37 bits per heavy atom. The second-order valence-corrected chi connectivity index (χ2v) is 4.76. The van der Waals surface area contributed by atoms with Crippen molar-refractivity contribution >= 4 is 0 Å². The van der Waals surface area contributed by atoms with Gasteiger partial charge in [-0.3, -0.25) is 0 Å². The molecule has 0 aliphatic carbocycles. The first kappa shape index (κ1) is 13.7. The molecule has 0 radical (unpaired) electrons. The van der Waals surface area contributed by atoms with Gasteiger partial charge in [-0.15, -0.1) is 0 Å². The standard InChI is InChI=1S/C15H22N4/c1-4-19(5-2)11-10-14-15(17-18-16-14)13-8-6-12(3)7-9-13/h6-9H,4-5,10-11H2,1-3H3,(H,16,17,18). The lowest BCUT2D eigenvalue weighted by Crippen LogP contribution is -2.25. The molecular formula is C15H22N4. The maximum atomic E-state index is 4.29. The van der Waals surface area contributed by atoms with Gasteiger partial charge in [0.25, 0.3) is 0 Å². The number of aromatic nitrogens is 3. The van der Waals surface area contributed by atoms with Gasteiger partial charge in [0.1, 0.15) is 5.69 Å². The third-order valence-electron chi connectivity index (χ3n) is 3.50. The average Bonchev–Trinajstić information content (AvgIpc) is 2.89. The van der Waals surface area contributed by atoms with E-state index in [0.29, 0.717) is 0 Å². The van der Waals surface area contributed by atoms with E-state index in [0.717, 1.165) is 43.0 Å². The van der Waals surface area contributed by atoms with Gasteiger partial charge in [0.2, 0.25) is 0 Å². The maximum absolute atomic E-state index is 4.29. The van der Waals surface area contributed by atoms with Crippen LogP contribution < -0.4 is 0 Å². The Bertz CT molecular complexity index is 497. The van der Waals surface area contributed by atoms with E-state index in [2.05, 4.69) is 65.3 Å². The number of hydrogen-bond donors (Lipinski definition) is 1. The third kappa shape index (κ3) is 3.41. The molecule has 0 saturated carbocycles.